The number of nitriles is 4. The molecule has 0 atom stereocenters. The Labute approximate surface area is 346 Å². The summed E-state index contributed by atoms with van der Waals surface area (Å²) < 4.78 is 163. The molecular formula is C44H11F11N8. The molecule has 0 N–H and O–H groups in total. The Balaban J connectivity index is 1.81. The zero-order chi connectivity index (χ0) is 46.0. The van der Waals surface area contributed by atoms with Gasteiger partial charge in [-0.05, 0) is 63.6 Å². The number of halogens is 11. The van der Waals surface area contributed by atoms with Crippen LogP contribution in [0, 0.1) is 112 Å². The summed E-state index contributed by atoms with van der Waals surface area (Å²) in [5, 5.41) is 43.4. The van der Waals surface area contributed by atoms with Crippen molar-refractivity contribution >= 4 is 44.8 Å². The van der Waals surface area contributed by atoms with Crippen LogP contribution in [0.3, 0.4) is 0 Å². The van der Waals surface area contributed by atoms with E-state index in [1.807, 2.05) is 0 Å². The second-order valence-corrected chi connectivity index (χ2v) is 13.2. The summed E-state index contributed by atoms with van der Waals surface area (Å²) in [6.07, 6.45) is -4.97. The fraction of sp³-hybridized carbons (Fsp3) is 0.0455. The molecule has 0 saturated heterocycles. The molecule has 2 aromatic heterocycles. The normalized spacial score (nSPS) is 14.5. The number of hydrogen-bond donors (Lipinski definition) is 0. The predicted molar refractivity (Wildman–Crippen MR) is 198 cm³/mol. The quantitative estimate of drug-likeness (QED) is 0.0765. The molecule has 304 valence electrons. The highest BCUT2D eigenvalue weighted by Gasteiger charge is 2.45. The molecule has 0 unspecified atom stereocenters. The van der Waals surface area contributed by atoms with Crippen molar-refractivity contribution in [3.05, 3.63) is 185 Å². The topological polar surface area (TPSA) is 130 Å². The highest BCUT2D eigenvalue weighted by atomic mass is 19.4. The summed E-state index contributed by atoms with van der Waals surface area (Å²) >= 11 is 0. The highest BCUT2D eigenvalue weighted by molar-refractivity contribution is 6.35. The lowest BCUT2D eigenvalue weighted by molar-refractivity contribution is -0.137. The molecule has 2 heterocycles. The summed E-state index contributed by atoms with van der Waals surface area (Å²) in [6, 6.07) is 14.4. The van der Waals surface area contributed by atoms with Gasteiger partial charge in [-0.1, -0.05) is 42.0 Å². The Morgan fingerprint density at radius 2 is 1.05 bits per heavy atom. The lowest BCUT2D eigenvalue weighted by Crippen LogP contribution is -2.09. The molecule has 2 aliphatic carbocycles. The maximum absolute atomic E-state index is 15.6. The number of fused-ring (bicyclic) bond motifs is 2. The molecule has 3 aromatic carbocycles. The molecule has 0 aliphatic heterocycles. The van der Waals surface area contributed by atoms with Crippen molar-refractivity contribution in [3.8, 4) is 24.3 Å². The van der Waals surface area contributed by atoms with Gasteiger partial charge in [-0.25, -0.2) is 27.3 Å². The standard InChI is InChI=1S/C44H11F11N8/c1-16-4-6-18(7-5-16)25-27(23(15-59)31-34(45)40(49)62-41(50)35(31)46)29-21(13-57)26-20(12-56)24(17-8-10-19(11-9-17)44(53,54)55)32(28(26)22(14-58)30(29)38(25)60-2)39(61-3)33-36(47)42(51)63-43(52)37(33)48/h4-11H,1H3/b27-23+,39-32-. The van der Waals surface area contributed by atoms with Crippen molar-refractivity contribution in [2.45, 2.75) is 13.1 Å². The largest absolute Gasteiger partial charge is 0.416 e. The van der Waals surface area contributed by atoms with E-state index in [1.165, 1.54) is 30.3 Å². The zero-order valence-corrected chi connectivity index (χ0v) is 30.9. The summed E-state index contributed by atoms with van der Waals surface area (Å²) in [7, 11) is 0. The molecule has 8 nitrogen and oxygen atoms in total. The van der Waals surface area contributed by atoms with Crippen LogP contribution in [0.25, 0.3) is 54.5 Å². The van der Waals surface area contributed by atoms with Gasteiger partial charge in [-0.3, -0.25) is 0 Å². The van der Waals surface area contributed by atoms with E-state index < -0.39 is 154 Å². The Hall–Kier alpha value is -8.91. The van der Waals surface area contributed by atoms with Crippen LogP contribution in [0.5, 0.6) is 0 Å². The van der Waals surface area contributed by atoms with E-state index in [9.17, 15) is 51.8 Å². The maximum atomic E-state index is 15.6. The van der Waals surface area contributed by atoms with Gasteiger partial charge < -0.3 is 0 Å². The first-order valence-corrected chi connectivity index (χ1v) is 17.2. The van der Waals surface area contributed by atoms with Crippen LogP contribution in [0.1, 0.15) is 66.8 Å². The number of pyridine rings is 2. The van der Waals surface area contributed by atoms with Gasteiger partial charge in [0, 0.05) is 11.1 Å². The molecular weight excluding hydrogens is 850 g/mol. The molecule has 0 fully saturated rings. The minimum atomic E-state index is -4.97. The van der Waals surface area contributed by atoms with E-state index in [2.05, 4.69) is 19.7 Å². The van der Waals surface area contributed by atoms with E-state index in [1.54, 1.807) is 25.1 Å². The fourth-order valence-electron chi connectivity index (χ4n) is 7.41. The lowest BCUT2D eigenvalue weighted by atomic mass is 9.82. The fourth-order valence-corrected chi connectivity index (χ4v) is 7.41. The van der Waals surface area contributed by atoms with Crippen LogP contribution >= 0.6 is 0 Å². The van der Waals surface area contributed by atoms with Gasteiger partial charge in [0.1, 0.15) is 18.2 Å². The van der Waals surface area contributed by atoms with Crippen LogP contribution in [0.4, 0.5) is 48.3 Å². The number of rotatable bonds is 4. The molecule has 5 aromatic rings. The Morgan fingerprint density at radius 3 is 1.49 bits per heavy atom. The molecule has 0 spiro atoms. The van der Waals surface area contributed by atoms with Gasteiger partial charge in [0.15, 0.2) is 23.3 Å². The van der Waals surface area contributed by atoms with E-state index in [4.69, 9.17) is 13.1 Å². The summed E-state index contributed by atoms with van der Waals surface area (Å²) in [4.78, 5) is 11.6. The highest BCUT2D eigenvalue weighted by Crippen LogP contribution is 2.60. The molecule has 0 amide bonds. The van der Waals surface area contributed by atoms with Crippen molar-refractivity contribution in [3.63, 3.8) is 0 Å². The van der Waals surface area contributed by atoms with Crippen molar-refractivity contribution < 1.29 is 48.3 Å². The number of aromatic nitrogens is 2. The Bertz CT molecular complexity index is 3300. The maximum Gasteiger partial charge on any atom is 0.416 e. The van der Waals surface area contributed by atoms with Crippen LogP contribution < -0.4 is 0 Å². The zero-order valence-electron chi connectivity index (χ0n) is 30.9. The third kappa shape index (κ3) is 6.23. The van der Waals surface area contributed by atoms with Gasteiger partial charge in [0.25, 0.3) is 23.8 Å². The van der Waals surface area contributed by atoms with Crippen LogP contribution in [0.15, 0.2) is 48.5 Å². The van der Waals surface area contributed by atoms with Crippen molar-refractivity contribution in [2.75, 3.05) is 0 Å². The van der Waals surface area contributed by atoms with Crippen LogP contribution in [0.2, 0.25) is 0 Å². The first kappa shape index (κ1) is 42.2. The molecule has 19 heteroatoms. The average Bonchev–Trinajstić information content (AvgIpc) is 3.77. The minimum Gasteiger partial charge on any atom is -0.237 e. The second kappa shape index (κ2) is 15.3. The van der Waals surface area contributed by atoms with E-state index in [0.29, 0.717) is 29.8 Å². The summed E-state index contributed by atoms with van der Waals surface area (Å²) in [5.74, 6) is -18.1. The minimum absolute atomic E-state index is 0.0831. The lowest BCUT2D eigenvalue weighted by Gasteiger charge is -2.19. The third-order valence-corrected chi connectivity index (χ3v) is 9.95. The molecule has 7 rings (SSSR count). The average molecular weight is 861 g/mol. The number of hydrogen-bond acceptors (Lipinski definition) is 6. The smallest absolute Gasteiger partial charge is 0.237 e. The predicted octanol–water partition coefficient (Wildman–Crippen LogP) is 11.1. The summed E-state index contributed by atoms with van der Waals surface area (Å²) in [6.45, 7) is 18.0. The van der Waals surface area contributed by atoms with Gasteiger partial charge in [-0.15, -0.1) is 0 Å². The van der Waals surface area contributed by atoms with Gasteiger partial charge in [0.05, 0.1) is 58.2 Å². The van der Waals surface area contributed by atoms with Crippen LogP contribution in [-0.4, -0.2) is 9.97 Å². The molecule has 2 aliphatic rings. The molecule has 0 bridgehead atoms. The SMILES string of the molecule is [C-]#[N+]C1=C(c2ccc(C)cc2)/C(=C(/C#N)c2c(F)c(F)nc(F)c2F)c2c(C#N)c3c(c(C#N)c21)/C(=C(\[N+]#[C-])c1c(F)c(F)nc(F)c1F)C(c1ccc(C(F)(F)F)cc1)=C3C#N. The van der Waals surface area contributed by atoms with Gasteiger partial charge >= 0.3 is 6.18 Å². The third-order valence-electron chi connectivity index (χ3n) is 9.95. The Morgan fingerprint density at radius 1 is 0.587 bits per heavy atom. The first-order chi connectivity index (χ1) is 29.9. The number of allylic oxidation sites excluding steroid dienone is 6. The number of benzene rings is 3. The van der Waals surface area contributed by atoms with Crippen molar-refractivity contribution in [2.24, 2.45) is 0 Å². The molecule has 63 heavy (non-hydrogen) atoms. The van der Waals surface area contributed by atoms with Gasteiger partial charge in [0.2, 0.25) is 11.4 Å². The number of aryl methyl sites for hydroxylation is 1. The Kier molecular flexibility index (Phi) is 10.2. The van der Waals surface area contributed by atoms with Crippen LogP contribution in [-0.2, 0) is 6.18 Å². The number of nitrogens with zero attached hydrogens (tertiary/aromatic N) is 8. The monoisotopic (exact) mass is 860 g/mol. The van der Waals surface area contributed by atoms with E-state index >= 15 is 17.6 Å². The summed E-state index contributed by atoms with van der Waals surface area (Å²) in [5.41, 5.74) is -17.1. The molecule has 0 radical (unpaired) electrons. The van der Waals surface area contributed by atoms with Crippen molar-refractivity contribution in [1.82, 2.24) is 9.97 Å². The molecule has 0 saturated carbocycles. The van der Waals surface area contributed by atoms with Crippen molar-refractivity contribution in [1.29, 1.82) is 21.0 Å². The van der Waals surface area contributed by atoms with Gasteiger partial charge in [-0.2, -0.15) is 61.7 Å². The van der Waals surface area contributed by atoms with E-state index in [0.717, 1.165) is 0 Å². The first-order valence-electron chi connectivity index (χ1n) is 17.2. The van der Waals surface area contributed by atoms with E-state index in [-0.39, 0.29) is 5.56 Å². The number of alkyl halides is 3. The second-order valence-electron chi connectivity index (χ2n) is 13.2.